The number of aromatic hydroxyl groups is 1. The fourth-order valence-electron chi connectivity index (χ4n) is 1.60. The summed E-state index contributed by atoms with van der Waals surface area (Å²) in [6, 6.07) is 11.9. The van der Waals surface area contributed by atoms with E-state index in [0.29, 0.717) is 5.75 Å². The minimum Gasteiger partial charge on any atom is -0.507 e. The van der Waals surface area contributed by atoms with Gasteiger partial charge in [-0.15, -0.1) is 0 Å². The van der Waals surface area contributed by atoms with Crippen molar-refractivity contribution in [3.8, 4) is 11.5 Å². The maximum absolute atomic E-state index is 11.9. The molecule has 0 aromatic heterocycles. The van der Waals surface area contributed by atoms with E-state index in [1.54, 1.807) is 6.07 Å². The van der Waals surface area contributed by atoms with Crippen LogP contribution in [0.5, 0.6) is 11.5 Å². The van der Waals surface area contributed by atoms with Crippen molar-refractivity contribution >= 4 is 28.1 Å². The third kappa shape index (κ3) is 4.06. The molecule has 2 rings (SSSR count). The van der Waals surface area contributed by atoms with Gasteiger partial charge in [-0.25, -0.2) is 5.43 Å². The number of phenols is 1. The second kappa shape index (κ2) is 6.90. The Morgan fingerprint density at radius 3 is 2.62 bits per heavy atom. The lowest BCUT2D eigenvalue weighted by Gasteiger charge is -2.05. The van der Waals surface area contributed by atoms with Crippen molar-refractivity contribution < 1.29 is 14.6 Å². The fourth-order valence-corrected chi connectivity index (χ4v) is 1.87. The van der Waals surface area contributed by atoms with Crippen molar-refractivity contribution in [2.75, 3.05) is 7.11 Å². The molecule has 2 N–H and O–H groups in total. The van der Waals surface area contributed by atoms with E-state index in [0.717, 1.165) is 10.0 Å². The lowest BCUT2D eigenvalue weighted by atomic mass is 10.2. The number of carbonyl (C=O) groups is 1. The number of benzene rings is 2. The van der Waals surface area contributed by atoms with Crippen LogP contribution in [0.1, 0.15) is 15.9 Å². The lowest BCUT2D eigenvalue weighted by Crippen LogP contribution is -2.17. The molecule has 0 aliphatic carbocycles. The molecular formula is C15H13BrN2O3. The van der Waals surface area contributed by atoms with E-state index >= 15 is 0 Å². The summed E-state index contributed by atoms with van der Waals surface area (Å²) < 4.78 is 5.92. The summed E-state index contributed by atoms with van der Waals surface area (Å²) in [5.74, 6) is -0.184. The van der Waals surface area contributed by atoms with E-state index in [9.17, 15) is 9.90 Å². The number of hydrogen-bond donors (Lipinski definition) is 2. The van der Waals surface area contributed by atoms with Crippen molar-refractivity contribution in [3.63, 3.8) is 0 Å². The summed E-state index contributed by atoms with van der Waals surface area (Å²) in [5, 5.41) is 13.6. The van der Waals surface area contributed by atoms with Crippen LogP contribution >= 0.6 is 15.9 Å². The van der Waals surface area contributed by atoms with Gasteiger partial charge in [0.05, 0.1) is 18.9 Å². The minimum atomic E-state index is -0.497. The Balaban J connectivity index is 2.03. The van der Waals surface area contributed by atoms with Crippen molar-refractivity contribution in [1.82, 2.24) is 5.43 Å². The number of phenolic OH excluding ortho intramolecular Hbond substituents is 1. The van der Waals surface area contributed by atoms with Gasteiger partial charge < -0.3 is 9.84 Å². The van der Waals surface area contributed by atoms with Crippen LogP contribution in [0.4, 0.5) is 0 Å². The number of methoxy groups -OCH3 is 1. The highest BCUT2D eigenvalue weighted by Gasteiger charge is 2.10. The van der Waals surface area contributed by atoms with Gasteiger partial charge in [-0.05, 0) is 29.8 Å². The number of rotatable bonds is 4. The standard InChI is InChI=1S/C15H13BrN2O3/c1-21-12-6-7-13(14(19)8-12)15(20)18-17-9-10-2-4-11(16)5-3-10/h2-9,19H,1H3,(H,18,20)/b17-9-. The van der Waals surface area contributed by atoms with Crippen molar-refractivity contribution in [1.29, 1.82) is 0 Å². The molecule has 1 amide bonds. The van der Waals surface area contributed by atoms with Gasteiger partial charge in [-0.1, -0.05) is 28.1 Å². The quantitative estimate of drug-likeness (QED) is 0.659. The summed E-state index contributed by atoms with van der Waals surface area (Å²) in [6.07, 6.45) is 1.52. The maximum Gasteiger partial charge on any atom is 0.275 e. The van der Waals surface area contributed by atoms with Gasteiger partial charge in [0, 0.05) is 10.5 Å². The Bertz CT molecular complexity index is 669. The zero-order valence-electron chi connectivity index (χ0n) is 11.2. The molecule has 0 atom stereocenters. The molecule has 108 valence electrons. The zero-order chi connectivity index (χ0) is 15.2. The molecule has 0 aliphatic rings. The van der Waals surface area contributed by atoms with E-state index in [4.69, 9.17) is 4.74 Å². The fraction of sp³-hybridized carbons (Fsp3) is 0.0667. The predicted octanol–water partition coefficient (Wildman–Crippen LogP) is 2.93. The van der Waals surface area contributed by atoms with Crippen LogP contribution in [0.3, 0.4) is 0 Å². The first-order valence-corrected chi connectivity index (χ1v) is 6.85. The van der Waals surface area contributed by atoms with Gasteiger partial charge in [-0.3, -0.25) is 4.79 Å². The molecule has 0 radical (unpaired) electrons. The number of halogens is 1. The Morgan fingerprint density at radius 1 is 1.29 bits per heavy atom. The summed E-state index contributed by atoms with van der Waals surface area (Å²) in [6.45, 7) is 0. The number of nitrogens with one attached hydrogen (secondary N) is 1. The highest BCUT2D eigenvalue weighted by atomic mass is 79.9. The molecule has 2 aromatic carbocycles. The Labute approximate surface area is 130 Å². The molecular weight excluding hydrogens is 336 g/mol. The van der Waals surface area contributed by atoms with Crippen LogP contribution in [0.25, 0.3) is 0 Å². The number of ether oxygens (including phenoxy) is 1. The maximum atomic E-state index is 11.9. The first kappa shape index (κ1) is 15.1. The molecule has 0 bridgehead atoms. The van der Waals surface area contributed by atoms with Crippen molar-refractivity contribution in [2.45, 2.75) is 0 Å². The highest BCUT2D eigenvalue weighted by molar-refractivity contribution is 9.10. The first-order valence-electron chi connectivity index (χ1n) is 6.06. The highest BCUT2D eigenvalue weighted by Crippen LogP contribution is 2.23. The molecule has 0 aliphatic heterocycles. The van der Waals surface area contributed by atoms with Gasteiger partial charge in [0.15, 0.2) is 0 Å². The molecule has 0 heterocycles. The average Bonchev–Trinajstić information content (AvgIpc) is 2.49. The van der Waals surface area contributed by atoms with E-state index in [1.165, 1.54) is 25.5 Å². The smallest absolute Gasteiger partial charge is 0.275 e. The van der Waals surface area contributed by atoms with E-state index in [-0.39, 0.29) is 11.3 Å². The molecule has 0 spiro atoms. The number of carbonyl (C=O) groups excluding carboxylic acids is 1. The third-order valence-electron chi connectivity index (χ3n) is 2.70. The molecule has 0 unspecified atom stereocenters. The van der Waals surface area contributed by atoms with E-state index < -0.39 is 5.91 Å². The second-order valence-corrected chi connectivity index (χ2v) is 5.05. The normalized spacial score (nSPS) is 10.6. The number of nitrogens with zero attached hydrogens (tertiary/aromatic N) is 1. The summed E-state index contributed by atoms with van der Waals surface area (Å²) in [4.78, 5) is 11.9. The molecule has 0 saturated heterocycles. The monoisotopic (exact) mass is 348 g/mol. The largest absolute Gasteiger partial charge is 0.507 e. The molecule has 6 heteroatoms. The third-order valence-corrected chi connectivity index (χ3v) is 3.23. The van der Waals surface area contributed by atoms with Crippen LogP contribution in [0.2, 0.25) is 0 Å². The van der Waals surface area contributed by atoms with Crippen LogP contribution in [0.15, 0.2) is 52.0 Å². The Hall–Kier alpha value is -2.34. The van der Waals surface area contributed by atoms with Gasteiger partial charge in [0.2, 0.25) is 0 Å². The van der Waals surface area contributed by atoms with Crippen LogP contribution in [-0.4, -0.2) is 24.3 Å². The van der Waals surface area contributed by atoms with Crippen LogP contribution < -0.4 is 10.2 Å². The average molecular weight is 349 g/mol. The van der Waals surface area contributed by atoms with Crippen molar-refractivity contribution in [3.05, 3.63) is 58.1 Å². The molecule has 21 heavy (non-hydrogen) atoms. The zero-order valence-corrected chi connectivity index (χ0v) is 12.8. The summed E-state index contributed by atoms with van der Waals surface area (Å²) >= 11 is 3.33. The van der Waals surface area contributed by atoms with E-state index in [2.05, 4.69) is 26.5 Å². The molecule has 0 saturated carbocycles. The topological polar surface area (TPSA) is 70.9 Å². The molecule has 2 aromatic rings. The number of amides is 1. The predicted molar refractivity (Wildman–Crippen MR) is 83.9 cm³/mol. The van der Waals surface area contributed by atoms with E-state index in [1.807, 2.05) is 24.3 Å². The van der Waals surface area contributed by atoms with Gasteiger partial charge >= 0.3 is 0 Å². The molecule has 5 nitrogen and oxygen atoms in total. The lowest BCUT2D eigenvalue weighted by molar-refractivity contribution is 0.0952. The van der Waals surface area contributed by atoms with Gasteiger partial charge in [-0.2, -0.15) is 5.10 Å². The van der Waals surface area contributed by atoms with Crippen LogP contribution in [0, 0.1) is 0 Å². The number of hydrazone groups is 1. The first-order chi connectivity index (χ1) is 10.1. The SMILES string of the molecule is COc1ccc(C(=O)N/N=C\c2ccc(Br)cc2)c(O)c1. The Kier molecular flexibility index (Phi) is 4.94. The van der Waals surface area contributed by atoms with Crippen molar-refractivity contribution in [2.24, 2.45) is 5.10 Å². The second-order valence-electron chi connectivity index (χ2n) is 4.13. The summed E-state index contributed by atoms with van der Waals surface area (Å²) in [5.41, 5.74) is 3.33. The van der Waals surface area contributed by atoms with Gasteiger partial charge in [0.25, 0.3) is 5.91 Å². The Morgan fingerprint density at radius 2 is 2.00 bits per heavy atom. The molecule has 0 fully saturated rings. The summed E-state index contributed by atoms with van der Waals surface area (Å²) in [7, 11) is 1.48. The number of hydrogen-bond acceptors (Lipinski definition) is 4. The van der Waals surface area contributed by atoms with Crippen LogP contribution in [-0.2, 0) is 0 Å². The van der Waals surface area contributed by atoms with Gasteiger partial charge in [0.1, 0.15) is 11.5 Å². The minimum absolute atomic E-state index is 0.128.